The fraction of sp³-hybridized carbons (Fsp3) is 0.636. The second-order valence-electron chi connectivity index (χ2n) is 4.12. The van der Waals surface area contributed by atoms with Crippen molar-refractivity contribution >= 4 is 0 Å². The van der Waals surface area contributed by atoms with Crippen LogP contribution < -0.4 is 0 Å². The zero-order valence-corrected chi connectivity index (χ0v) is 7.64. The summed E-state index contributed by atoms with van der Waals surface area (Å²) in [5.74, 6) is 0. The summed E-state index contributed by atoms with van der Waals surface area (Å²) in [4.78, 5) is 0. The molecule has 0 amide bonds. The van der Waals surface area contributed by atoms with Gasteiger partial charge in [-0.15, -0.1) is 0 Å². The van der Waals surface area contributed by atoms with Gasteiger partial charge >= 0.3 is 0 Å². The number of hydrogen-bond acceptors (Lipinski definition) is 0. The molecular weight excluding hydrogens is 132 g/mol. The molecule has 0 saturated carbocycles. The van der Waals surface area contributed by atoms with Crippen LogP contribution in [0, 0.1) is 5.41 Å². The lowest BCUT2D eigenvalue weighted by Gasteiger charge is -2.21. The van der Waals surface area contributed by atoms with E-state index in [1.807, 2.05) is 0 Å². The minimum atomic E-state index is 0.516. The summed E-state index contributed by atoms with van der Waals surface area (Å²) in [5, 5.41) is 0. The van der Waals surface area contributed by atoms with Crippen LogP contribution in [0.25, 0.3) is 0 Å². The Balaban J connectivity index is 2.51. The van der Waals surface area contributed by atoms with Gasteiger partial charge in [0.2, 0.25) is 0 Å². The lowest BCUT2D eigenvalue weighted by Crippen LogP contribution is -2.09. The minimum Gasteiger partial charge on any atom is -0.0845 e. The monoisotopic (exact) mass is 150 g/mol. The van der Waals surface area contributed by atoms with Crippen LogP contribution in [0.3, 0.4) is 0 Å². The first-order valence-corrected chi connectivity index (χ1v) is 4.52. The Morgan fingerprint density at radius 2 is 1.82 bits per heavy atom. The Hall–Kier alpha value is -0.520. The van der Waals surface area contributed by atoms with E-state index in [2.05, 4.69) is 38.2 Å². The van der Waals surface area contributed by atoms with E-state index in [4.69, 9.17) is 0 Å². The van der Waals surface area contributed by atoms with Crippen molar-refractivity contribution in [3.8, 4) is 0 Å². The summed E-state index contributed by atoms with van der Waals surface area (Å²) < 4.78 is 0. The van der Waals surface area contributed by atoms with E-state index in [1.165, 1.54) is 25.7 Å². The van der Waals surface area contributed by atoms with E-state index in [0.717, 1.165) is 0 Å². The van der Waals surface area contributed by atoms with Crippen LogP contribution >= 0.6 is 0 Å². The highest BCUT2D eigenvalue weighted by Crippen LogP contribution is 2.28. The predicted octanol–water partition coefficient (Wildman–Crippen LogP) is 3.70. The normalized spacial score (nSPS) is 23.8. The smallest absolute Gasteiger partial charge is 0.0296 e. The topological polar surface area (TPSA) is 0 Å². The average Bonchev–Trinajstić information content (AvgIpc) is 2.00. The molecule has 0 heterocycles. The van der Waals surface area contributed by atoms with Crippen molar-refractivity contribution < 1.29 is 0 Å². The van der Waals surface area contributed by atoms with Gasteiger partial charge in [0.15, 0.2) is 0 Å². The van der Waals surface area contributed by atoms with Crippen LogP contribution in [0.15, 0.2) is 24.3 Å². The lowest BCUT2D eigenvalue weighted by atomic mass is 9.84. The molecule has 1 rings (SSSR count). The molecule has 0 atom stereocenters. The lowest BCUT2D eigenvalue weighted by molar-refractivity contribution is 0.331. The number of hydrogen-bond donors (Lipinski definition) is 0. The highest BCUT2D eigenvalue weighted by atomic mass is 14.2. The molecule has 0 unspecified atom stereocenters. The third kappa shape index (κ3) is 3.41. The summed E-state index contributed by atoms with van der Waals surface area (Å²) in [7, 11) is 0. The second kappa shape index (κ2) is 3.75. The molecule has 0 bridgehead atoms. The summed E-state index contributed by atoms with van der Waals surface area (Å²) >= 11 is 0. The Morgan fingerprint density at radius 3 is 2.64 bits per heavy atom. The van der Waals surface area contributed by atoms with Crippen molar-refractivity contribution in [1.29, 1.82) is 0 Å². The SMILES string of the molecule is CC1(C)CC=CC=CCCC1. The van der Waals surface area contributed by atoms with Crippen molar-refractivity contribution in [2.75, 3.05) is 0 Å². The van der Waals surface area contributed by atoms with Gasteiger partial charge in [-0.1, -0.05) is 38.2 Å². The molecule has 0 aromatic rings. The number of allylic oxidation sites excluding steroid dienone is 4. The van der Waals surface area contributed by atoms with Gasteiger partial charge in [-0.2, -0.15) is 0 Å². The van der Waals surface area contributed by atoms with Gasteiger partial charge in [-0.05, 0) is 31.1 Å². The molecule has 62 valence electrons. The van der Waals surface area contributed by atoms with E-state index in [9.17, 15) is 0 Å². The molecule has 1 aliphatic carbocycles. The fourth-order valence-corrected chi connectivity index (χ4v) is 1.44. The summed E-state index contributed by atoms with van der Waals surface area (Å²) in [6.07, 6.45) is 14.0. The molecule has 0 heteroatoms. The zero-order valence-electron chi connectivity index (χ0n) is 7.64. The van der Waals surface area contributed by atoms with Gasteiger partial charge in [0.1, 0.15) is 0 Å². The van der Waals surface area contributed by atoms with Gasteiger partial charge in [-0.25, -0.2) is 0 Å². The van der Waals surface area contributed by atoms with E-state index in [1.54, 1.807) is 0 Å². The molecule has 0 aromatic heterocycles. The van der Waals surface area contributed by atoms with E-state index < -0.39 is 0 Å². The molecule has 0 nitrogen and oxygen atoms in total. The zero-order chi connectivity index (χ0) is 8.16. The van der Waals surface area contributed by atoms with E-state index in [0.29, 0.717) is 5.41 Å². The Morgan fingerprint density at radius 1 is 1.09 bits per heavy atom. The first-order valence-electron chi connectivity index (χ1n) is 4.52. The van der Waals surface area contributed by atoms with Gasteiger partial charge < -0.3 is 0 Å². The van der Waals surface area contributed by atoms with Gasteiger partial charge in [0, 0.05) is 0 Å². The predicted molar refractivity (Wildman–Crippen MR) is 50.5 cm³/mol. The molecule has 0 N–H and O–H groups in total. The Bertz CT molecular complexity index is 161. The van der Waals surface area contributed by atoms with Crippen molar-refractivity contribution in [2.24, 2.45) is 5.41 Å². The molecule has 1 aliphatic rings. The molecule has 11 heavy (non-hydrogen) atoms. The van der Waals surface area contributed by atoms with E-state index in [-0.39, 0.29) is 0 Å². The van der Waals surface area contributed by atoms with Crippen LogP contribution in [0.2, 0.25) is 0 Å². The quantitative estimate of drug-likeness (QED) is 0.494. The third-order valence-electron chi connectivity index (χ3n) is 2.28. The first-order chi connectivity index (χ1) is 5.21. The Labute approximate surface area is 70.0 Å². The van der Waals surface area contributed by atoms with Crippen LogP contribution in [-0.2, 0) is 0 Å². The van der Waals surface area contributed by atoms with Gasteiger partial charge in [-0.3, -0.25) is 0 Å². The maximum absolute atomic E-state index is 2.35. The summed E-state index contributed by atoms with van der Waals surface area (Å²) in [5.41, 5.74) is 0.516. The van der Waals surface area contributed by atoms with Crippen LogP contribution in [0.5, 0.6) is 0 Å². The standard InChI is InChI=1S/C11H18/c1-11(2)9-7-5-3-4-6-8-10-11/h3-5,7H,6,8-10H2,1-2H3. The van der Waals surface area contributed by atoms with E-state index >= 15 is 0 Å². The molecule has 0 saturated heterocycles. The molecule has 0 fully saturated rings. The largest absolute Gasteiger partial charge is 0.0845 e. The summed E-state index contributed by atoms with van der Waals surface area (Å²) in [6.45, 7) is 4.70. The Kier molecular flexibility index (Phi) is 2.92. The van der Waals surface area contributed by atoms with Crippen LogP contribution in [-0.4, -0.2) is 0 Å². The van der Waals surface area contributed by atoms with Crippen LogP contribution in [0.4, 0.5) is 0 Å². The molecule has 0 spiro atoms. The molecule has 0 aliphatic heterocycles. The van der Waals surface area contributed by atoms with Crippen LogP contribution in [0.1, 0.15) is 39.5 Å². The van der Waals surface area contributed by atoms with Crippen molar-refractivity contribution in [3.05, 3.63) is 24.3 Å². The second-order valence-corrected chi connectivity index (χ2v) is 4.12. The van der Waals surface area contributed by atoms with Crippen molar-refractivity contribution in [2.45, 2.75) is 39.5 Å². The molecule has 0 aromatic carbocycles. The minimum absolute atomic E-state index is 0.516. The average molecular weight is 150 g/mol. The maximum atomic E-state index is 2.35. The first kappa shape index (κ1) is 8.58. The molecular formula is C11H18. The van der Waals surface area contributed by atoms with Crippen molar-refractivity contribution in [3.63, 3.8) is 0 Å². The highest BCUT2D eigenvalue weighted by molar-refractivity contribution is 5.04. The molecule has 0 radical (unpaired) electrons. The highest BCUT2D eigenvalue weighted by Gasteiger charge is 2.14. The third-order valence-corrected chi connectivity index (χ3v) is 2.28. The van der Waals surface area contributed by atoms with Gasteiger partial charge in [0.25, 0.3) is 0 Å². The van der Waals surface area contributed by atoms with Gasteiger partial charge in [0.05, 0.1) is 0 Å². The van der Waals surface area contributed by atoms with Crippen molar-refractivity contribution in [1.82, 2.24) is 0 Å². The maximum Gasteiger partial charge on any atom is -0.0296 e. The fourth-order valence-electron chi connectivity index (χ4n) is 1.44. The number of rotatable bonds is 0. The summed E-state index contributed by atoms with van der Waals surface area (Å²) in [6, 6.07) is 0.